The molecule has 1 aliphatic carbocycles. The molecule has 1 aromatic rings. The van der Waals surface area contributed by atoms with Crippen molar-refractivity contribution in [3.63, 3.8) is 0 Å². The highest BCUT2D eigenvalue weighted by Crippen LogP contribution is 2.44. The van der Waals surface area contributed by atoms with Crippen molar-refractivity contribution in [2.75, 3.05) is 7.11 Å². The lowest BCUT2D eigenvalue weighted by molar-refractivity contribution is -0.138. The van der Waals surface area contributed by atoms with Gasteiger partial charge < -0.3 is 9.84 Å². The van der Waals surface area contributed by atoms with E-state index in [9.17, 15) is 9.90 Å². The average molecular weight is 262 g/mol. The van der Waals surface area contributed by atoms with Crippen molar-refractivity contribution in [3.8, 4) is 5.75 Å². The van der Waals surface area contributed by atoms with Gasteiger partial charge in [-0.05, 0) is 48.4 Å². The summed E-state index contributed by atoms with van der Waals surface area (Å²) in [5, 5.41) is 10.5. The molecule has 0 aliphatic heterocycles. The van der Waals surface area contributed by atoms with Gasteiger partial charge >= 0.3 is 0 Å². The second kappa shape index (κ2) is 4.64. The predicted molar refractivity (Wildman–Crippen MR) is 74.5 cm³/mol. The largest absolute Gasteiger partial charge is 0.496 e. The molecule has 0 bridgehead atoms. The van der Waals surface area contributed by atoms with Gasteiger partial charge in [0.1, 0.15) is 11.4 Å². The van der Waals surface area contributed by atoms with Gasteiger partial charge in [0.25, 0.3) is 0 Å². The summed E-state index contributed by atoms with van der Waals surface area (Å²) in [5.41, 5.74) is 1.42. The molecule has 1 aromatic carbocycles. The van der Waals surface area contributed by atoms with Crippen LogP contribution in [-0.2, 0) is 10.4 Å². The number of aryl methyl sites for hydroxylation is 1. The molecule has 104 valence electrons. The van der Waals surface area contributed by atoms with Gasteiger partial charge in [0.15, 0.2) is 5.78 Å². The monoisotopic (exact) mass is 262 g/mol. The molecule has 2 atom stereocenters. The normalized spacial score (nSPS) is 26.5. The lowest BCUT2D eigenvalue weighted by atomic mass is 9.70. The van der Waals surface area contributed by atoms with E-state index in [1.54, 1.807) is 14.0 Å². The zero-order valence-corrected chi connectivity index (χ0v) is 12.3. The van der Waals surface area contributed by atoms with Crippen LogP contribution in [0.4, 0.5) is 0 Å². The molecule has 2 unspecified atom stereocenters. The van der Waals surface area contributed by atoms with Crippen molar-refractivity contribution in [3.05, 3.63) is 28.8 Å². The lowest BCUT2D eigenvalue weighted by Crippen LogP contribution is -2.39. The Kier molecular flexibility index (Phi) is 3.43. The van der Waals surface area contributed by atoms with E-state index in [0.29, 0.717) is 17.9 Å². The Hall–Kier alpha value is -1.35. The van der Waals surface area contributed by atoms with Gasteiger partial charge in [-0.3, -0.25) is 4.79 Å². The van der Waals surface area contributed by atoms with Gasteiger partial charge in [-0.15, -0.1) is 0 Å². The Balaban J connectivity index is 2.68. The molecule has 3 nitrogen and oxygen atoms in total. The van der Waals surface area contributed by atoms with Gasteiger partial charge in [-0.25, -0.2) is 0 Å². The van der Waals surface area contributed by atoms with E-state index in [1.807, 2.05) is 13.0 Å². The fourth-order valence-electron chi connectivity index (χ4n) is 2.91. The topological polar surface area (TPSA) is 46.5 Å². The fourth-order valence-corrected chi connectivity index (χ4v) is 2.91. The van der Waals surface area contributed by atoms with Crippen molar-refractivity contribution in [2.24, 2.45) is 5.92 Å². The van der Waals surface area contributed by atoms with Crippen molar-refractivity contribution < 1.29 is 14.6 Å². The summed E-state index contributed by atoms with van der Waals surface area (Å²) in [6.45, 7) is 7.80. The summed E-state index contributed by atoms with van der Waals surface area (Å²) < 4.78 is 5.31. The molecule has 0 spiro atoms. The number of methoxy groups -OCH3 is 1. The van der Waals surface area contributed by atoms with E-state index in [-0.39, 0.29) is 11.7 Å². The molecule has 2 rings (SSSR count). The van der Waals surface area contributed by atoms with Crippen LogP contribution in [0, 0.1) is 12.8 Å². The third-order valence-electron chi connectivity index (χ3n) is 4.24. The van der Waals surface area contributed by atoms with Gasteiger partial charge in [-0.2, -0.15) is 0 Å². The van der Waals surface area contributed by atoms with Gasteiger partial charge in [0, 0.05) is 6.42 Å². The number of ether oxygens (including phenoxy) is 1. The van der Waals surface area contributed by atoms with E-state index < -0.39 is 5.60 Å². The fraction of sp³-hybridized carbons (Fsp3) is 0.562. The summed E-state index contributed by atoms with van der Waals surface area (Å²) in [4.78, 5) is 12.2. The number of benzene rings is 1. The maximum absolute atomic E-state index is 12.2. The number of hydrogen-bond acceptors (Lipinski definition) is 3. The highest BCUT2D eigenvalue weighted by Gasteiger charge is 2.42. The predicted octanol–water partition coefficient (Wildman–Crippen LogP) is 2.92. The second-order valence-electron chi connectivity index (χ2n) is 5.96. The maximum atomic E-state index is 12.2. The van der Waals surface area contributed by atoms with Crippen LogP contribution in [0.25, 0.3) is 0 Å². The van der Waals surface area contributed by atoms with Crippen LogP contribution in [0.1, 0.15) is 49.8 Å². The van der Waals surface area contributed by atoms with Crippen LogP contribution in [-0.4, -0.2) is 18.0 Å². The number of aliphatic hydroxyl groups is 1. The third kappa shape index (κ3) is 2.16. The molecule has 0 aromatic heterocycles. The van der Waals surface area contributed by atoms with Crippen molar-refractivity contribution in [2.45, 2.75) is 45.6 Å². The van der Waals surface area contributed by atoms with E-state index in [4.69, 9.17) is 4.74 Å². The van der Waals surface area contributed by atoms with E-state index >= 15 is 0 Å². The second-order valence-corrected chi connectivity index (χ2v) is 5.96. The third-order valence-corrected chi connectivity index (χ3v) is 4.24. The first-order valence-electron chi connectivity index (χ1n) is 6.73. The van der Waals surface area contributed by atoms with Crippen LogP contribution in [0.5, 0.6) is 5.75 Å². The zero-order valence-electron chi connectivity index (χ0n) is 12.3. The van der Waals surface area contributed by atoms with Crippen LogP contribution in [0.2, 0.25) is 0 Å². The van der Waals surface area contributed by atoms with Crippen LogP contribution in [0.3, 0.4) is 0 Å². The Morgan fingerprint density at radius 2 is 2.05 bits per heavy atom. The number of ketones is 1. The minimum atomic E-state index is -1.40. The molecule has 1 N–H and O–H groups in total. The Labute approximate surface area is 114 Å². The first-order chi connectivity index (χ1) is 8.78. The molecule has 0 saturated carbocycles. The summed E-state index contributed by atoms with van der Waals surface area (Å²) >= 11 is 0. The van der Waals surface area contributed by atoms with Crippen molar-refractivity contribution in [1.29, 1.82) is 0 Å². The Morgan fingerprint density at radius 1 is 1.42 bits per heavy atom. The van der Waals surface area contributed by atoms with Gasteiger partial charge in [0.2, 0.25) is 0 Å². The van der Waals surface area contributed by atoms with Crippen LogP contribution < -0.4 is 4.74 Å². The number of hydrogen-bond donors (Lipinski definition) is 1. The standard InChI is InChI=1S/C16H22O3/c1-9(2)11-7-15(17)16(4,18)13-8-14(19-5)10(3)6-12(11)13/h6,8-9,11,18H,7H2,1-5H3. The zero-order chi connectivity index (χ0) is 14.4. The summed E-state index contributed by atoms with van der Waals surface area (Å²) in [6, 6.07) is 3.87. The minimum absolute atomic E-state index is 0.107. The Morgan fingerprint density at radius 3 is 2.58 bits per heavy atom. The first kappa shape index (κ1) is 14.1. The lowest BCUT2D eigenvalue weighted by Gasteiger charge is -2.37. The van der Waals surface area contributed by atoms with E-state index in [1.165, 1.54) is 0 Å². The maximum Gasteiger partial charge on any atom is 0.169 e. The number of carbonyl (C=O) groups is 1. The number of rotatable bonds is 2. The van der Waals surface area contributed by atoms with E-state index in [0.717, 1.165) is 16.9 Å². The van der Waals surface area contributed by atoms with Crippen molar-refractivity contribution in [1.82, 2.24) is 0 Å². The molecule has 0 fully saturated rings. The Bertz CT molecular complexity index is 515. The molecule has 19 heavy (non-hydrogen) atoms. The smallest absolute Gasteiger partial charge is 0.169 e. The molecule has 0 saturated heterocycles. The summed E-state index contributed by atoms with van der Waals surface area (Å²) in [7, 11) is 1.61. The number of Topliss-reactive ketones (excluding diaryl/α,β-unsaturated/α-hetero) is 1. The molecule has 3 heteroatoms. The molecule has 0 heterocycles. The first-order valence-corrected chi connectivity index (χ1v) is 6.73. The van der Waals surface area contributed by atoms with Crippen LogP contribution in [0.15, 0.2) is 12.1 Å². The SMILES string of the molecule is COc1cc2c(cc1C)C(C(C)C)CC(=O)C2(C)O. The quantitative estimate of drug-likeness (QED) is 0.891. The molecule has 0 radical (unpaired) electrons. The number of carbonyl (C=O) groups excluding carboxylic acids is 1. The molecule has 1 aliphatic rings. The highest BCUT2D eigenvalue weighted by molar-refractivity contribution is 5.91. The molecule has 0 amide bonds. The summed E-state index contributed by atoms with van der Waals surface area (Å²) in [5.74, 6) is 1.15. The molecular weight excluding hydrogens is 240 g/mol. The minimum Gasteiger partial charge on any atom is -0.496 e. The van der Waals surface area contributed by atoms with E-state index in [2.05, 4.69) is 19.9 Å². The summed E-state index contributed by atoms with van der Waals surface area (Å²) in [6.07, 6.45) is 0.406. The van der Waals surface area contributed by atoms with Crippen LogP contribution >= 0.6 is 0 Å². The number of fused-ring (bicyclic) bond motifs is 1. The molecular formula is C16H22O3. The average Bonchev–Trinajstić information content (AvgIpc) is 2.33. The van der Waals surface area contributed by atoms with Gasteiger partial charge in [-0.1, -0.05) is 19.9 Å². The highest BCUT2D eigenvalue weighted by atomic mass is 16.5. The van der Waals surface area contributed by atoms with Gasteiger partial charge in [0.05, 0.1) is 7.11 Å². The van der Waals surface area contributed by atoms with Crippen molar-refractivity contribution >= 4 is 5.78 Å².